The van der Waals surface area contributed by atoms with E-state index in [0.717, 1.165) is 5.92 Å². The first-order valence-corrected chi connectivity index (χ1v) is 12.3. The van der Waals surface area contributed by atoms with Crippen LogP contribution in [-0.4, -0.2) is 26.1 Å². The lowest BCUT2D eigenvalue weighted by Crippen LogP contribution is -2.48. The van der Waals surface area contributed by atoms with Gasteiger partial charge in [0.2, 0.25) is 0 Å². The molecule has 2 fully saturated rings. The lowest BCUT2D eigenvalue weighted by Gasteiger charge is -2.48. The van der Waals surface area contributed by atoms with Crippen molar-refractivity contribution in [2.24, 2.45) is 23.2 Å². The molecule has 0 aromatic rings. The Kier molecular flexibility index (Phi) is 6.18. The average Bonchev–Trinajstić information content (AvgIpc) is 2.90. The van der Waals surface area contributed by atoms with Crippen LogP contribution in [0.1, 0.15) is 66.7 Å². The summed E-state index contributed by atoms with van der Waals surface area (Å²) in [7, 11) is -1.50. The fourth-order valence-corrected chi connectivity index (χ4v) is 8.61. The third kappa shape index (κ3) is 3.18. The maximum atomic E-state index is 9.64. The van der Waals surface area contributed by atoms with Crippen LogP contribution in [0.3, 0.4) is 0 Å². The highest BCUT2D eigenvalue weighted by molar-refractivity contribution is 6.73. The van der Waals surface area contributed by atoms with E-state index in [0.29, 0.717) is 30.0 Å². The summed E-state index contributed by atoms with van der Waals surface area (Å²) < 4.78 is 6.94. The first-order valence-electron chi connectivity index (χ1n) is 9.75. The van der Waals surface area contributed by atoms with Crippen LogP contribution in [0.25, 0.3) is 0 Å². The molecule has 0 amide bonds. The molecule has 2 rings (SSSR count). The summed E-state index contributed by atoms with van der Waals surface area (Å²) in [5, 5.41) is 9.64. The van der Waals surface area contributed by atoms with Gasteiger partial charge in [-0.1, -0.05) is 41.0 Å². The summed E-state index contributed by atoms with van der Waals surface area (Å²) in [5.74, 6) is 1.87. The van der Waals surface area contributed by atoms with Gasteiger partial charge in [-0.15, -0.1) is 0 Å². The quantitative estimate of drug-likeness (QED) is 0.650. The smallest absolute Gasteiger partial charge is 0.192 e. The lowest BCUT2D eigenvalue weighted by molar-refractivity contribution is -0.0251. The van der Waals surface area contributed by atoms with Gasteiger partial charge in [-0.3, -0.25) is 0 Å². The zero-order valence-electron chi connectivity index (χ0n) is 15.5. The number of hydrogen-bond donors (Lipinski definition) is 1. The predicted octanol–water partition coefficient (Wildman–Crippen LogP) is 5.22. The van der Waals surface area contributed by atoms with Crippen LogP contribution in [0, 0.1) is 23.2 Å². The van der Waals surface area contributed by atoms with Crippen molar-refractivity contribution in [1.82, 2.24) is 0 Å². The summed E-state index contributed by atoms with van der Waals surface area (Å²) in [4.78, 5) is 0. The molecule has 5 atom stereocenters. The number of fused-ring (bicyclic) bond motifs is 1. The summed E-state index contributed by atoms with van der Waals surface area (Å²) >= 11 is 0. The van der Waals surface area contributed by atoms with E-state index < -0.39 is 8.32 Å². The highest BCUT2D eigenvalue weighted by Gasteiger charge is 2.53. The van der Waals surface area contributed by atoms with Crippen molar-refractivity contribution in [1.29, 1.82) is 0 Å². The maximum absolute atomic E-state index is 9.64. The van der Waals surface area contributed by atoms with Crippen molar-refractivity contribution in [3.05, 3.63) is 0 Å². The van der Waals surface area contributed by atoms with Crippen LogP contribution in [0.2, 0.25) is 18.1 Å². The monoisotopic (exact) mass is 326 g/mol. The van der Waals surface area contributed by atoms with Gasteiger partial charge in [-0.25, -0.2) is 0 Å². The van der Waals surface area contributed by atoms with E-state index in [9.17, 15) is 5.11 Å². The first kappa shape index (κ1) is 18.5. The molecule has 0 spiro atoms. The van der Waals surface area contributed by atoms with Gasteiger partial charge in [-0.05, 0) is 67.0 Å². The zero-order valence-corrected chi connectivity index (χ0v) is 16.5. The molecule has 0 aromatic carbocycles. The van der Waals surface area contributed by atoms with Crippen molar-refractivity contribution in [3.8, 4) is 0 Å². The predicted molar refractivity (Wildman–Crippen MR) is 96.5 cm³/mol. The Balaban J connectivity index is 2.16. The number of aliphatic hydroxyl groups excluding tert-OH is 1. The molecule has 0 bridgehead atoms. The SMILES string of the molecule is CC[Si](CC)(CC)OC1CCC[C@@]2(C)C1CCC2[C@@H](C)CO. The van der Waals surface area contributed by atoms with Crippen molar-refractivity contribution in [2.45, 2.75) is 91.0 Å². The largest absolute Gasteiger partial charge is 0.414 e. The van der Waals surface area contributed by atoms with E-state index in [1.165, 1.54) is 50.2 Å². The fraction of sp³-hybridized carbons (Fsp3) is 1.00. The molecule has 0 radical (unpaired) electrons. The molecule has 0 heterocycles. The Morgan fingerprint density at radius 1 is 1.14 bits per heavy atom. The van der Waals surface area contributed by atoms with Gasteiger partial charge in [0.05, 0.1) is 0 Å². The molecule has 0 aromatic heterocycles. The van der Waals surface area contributed by atoms with Gasteiger partial charge in [0, 0.05) is 12.7 Å². The van der Waals surface area contributed by atoms with Gasteiger partial charge in [0.25, 0.3) is 0 Å². The van der Waals surface area contributed by atoms with Gasteiger partial charge >= 0.3 is 0 Å². The second kappa shape index (κ2) is 7.35. The van der Waals surface area contributed by atoms with Crippen molar-refractivity contribution < 1.29 is 9.53 Å². The second-order valence-corrected chi connectivity index (χ2v) is 13.0. The Hall–Kier alpha value is 0.137. The van der Waals surface area contributed by atoms with Crippen LogP contribution < -0.4 is 0 Å². The highest BCUT2D eigenvalue weighted by Crippen LogP contribution is 2.58. The molecule has 3 unspecified atom stereocenters. The van der Waals surface area contributed by atoms with E-state index in [-0.39, 0.29) is 0 Å². The Morgan fingerprint density at radius 2 is 1.77 bits per heavy atom. The van der Waals surface area contributed by atoms with Gasteiger partial charge < -0.3 is 9.53 Å². The summed E-state index contributed by atoms with van der Waals surface area (Å²) in [6.07, 6.45) is 7.04. The molecule has 3 heteroatoms. The summed E-state index contributed by atoms with van der Waals surface area (Å²) in [5.41, 5.74) is 0.403. The molecule has 0 aliphatic heterocycles. The Bertz CT molecular complexity index is 347. The second-order valence-electron chi connectivity index (χ2n) is 8.25. The minimum atomic E-state index is -1.50. The molecule has 2 aliphatic carbocycles. The molecule has 2 saturated carbocycles. The lowest BCUT2D eigenvalue weighted by atomic mass is 9.62. The van der Waals surface area contributed by atoms with Gasteiger partial charge in [0.15, 0.2) is 8.32 Å². The number of aliphatic hydroxyl groups is 1. The van der Waals surface area contributed by atoms with Crippen LogP contribution >= 0.6 is 0 Å². The maximum Gasteiger partial charge on any atom is 0.192 e. The minimum absolute atomic E-state index is 0.343. The van der Waals surface area contributed by atoms with E-state index in [1.54, 1.807) is 0 Å². The van der Waals surface area contributed by atoms with Crippen molar-refractivity contribution in [3.63, 3.8) is 0 Å². The van der Waals surface area contributed by atoms with Crippen molar-refractivity contribution >= 4 is 8.32 Å². The molecule has 22 heavy (non-hydrogen) atoms. The van der Waals surface area contributed by atoms with E-state index in [2.05, 4.69) is 34.6 Å². The van der Waals surface area contributed by atoms with Crippen LogP contribution in [0.4, 0.5) is 0 Å². The van der Waals surface area contributed by atoms with E-state index in [4.69, 9.17) is 4.43 Å². The standard InChI is InChI=1S/C19H38O2Si/c1-6-22(7-2,8-3)21-18-10-9-13-19(5)16(15(4)14-20)11-12-17(18)19/h15-18,20H,6-14H2,1-5H3/t15-,16?,17?,18?,19+/m0/s1. The normalized spacial score (nSPS) is 37.1. The topological polar surface area (TPSA) is 29.5 Å². The number of rotatable bonds is 7. The summed E-state index contributed by atoms with van der Waals surface area (Å²) in [6.45, 7) is 12.1. The third-order valence-electron chi connectivity index (χ3n) is 7.44. The van der Waals surface area contributed by atoms with Gasteiger partial charge in [-0.2, -0.15) is 0 Å². The molecule has 2 aliphatic rings. The first-order chi connectivity index (χ1) is 10.5. The Morgan fingerprint density at radius 3 is 2.32 bits per heavy atom. The minimum Gasteiger partial charge on any atom is -0.414 e. The molecule has 0 saturated heterocycles. The van der Waals surface area contributed by atoms with Crippen LogP contribution in [-0.2, 0) is 4.43 Å². The molecule has 2 nitrogen and oxygen atoms in total. The van der Waals surface area contributed by atoms with Crippen LogP contribution in [0.5, 0.6) is 0 Å². The van der Waals surface area contributed by atoms with E-state index in [1.807, 2.05) is 0 Å². The highest BCUT2D eigenvalue weighted by atomic mass is 28.4. The zero-order chi connectivity index (χ0) is 16.4. The van der Waals surface area contributed by atoms with Gasteiger partial charge in [0.1, 0.15) is 0 Å². The Labute approximate surface area is 139 Å². The van der Waals surface area contributed by atoms with Crippen LogP contribution in [0.15, 0.2) is 0 Å². The molecule has 1 N–H and O–H groups in total. The van der Waals surface area contributed by atoms with E-state index >= 15 is 0 Å². The third-order valence-corrected chi connectivity index (χ3v) is 12.1. The number of hydrogen-bond acceptors (Lipinski definition) is 2. The molecular weight excluding hydrogens is 288 g/mol. The molecule has 130 valence electrons. The summed E-state index contributed by atoms with van der Waals surface area (Å²) in [6, 6.07) is 3.78. The fourth-order valence-electron chi connectivity index (χ4n) is 5.68. The van der Waals surface area contributed by atoms with Crippen molar-refractivity contribution in [2.75, 3.05) is 6.61 Å². The molecular formula is C19H38O2Si. The average molecular weight is 327 g/mol.